The van der Waals surface area contributed by atoms with Crippen LogP contribution in [0.5, 0.6) is 0 Å². The van der Waals surface area contributed by atoms with Crippen LogP contribution in [0, 0.1) is 25.2 Å². The molecule has 3 nitrogen and oxygen atoms in total. The maximum absolute atomic E-state index is 12.6. The summed E-state index contributed by atoms with van der Waals surface area (Å²) in [5.41, 5.74) is 5.73. The van der Waals surface area contributed by atoms with Gasteiger partial charge in [-0.3, -0.25) is 9.69 Å². The molecule has 28 heavy (non-hydrogen) atoms. The molecule has 1 saturated heterocycles. The molecule has 4 rings (SSSR count). The Morgan fingerprint density at radius 1 is 1.11 bits per heavy atom. The van der Waals surface area contributed by atoms with E-state index in [0.717, 1.165) is 51.9 Å². The van der Waals surface area contributed by atoms with Crippen molar-refractivity contribution in [1.29, 1.82) is 0 Å². The Kier molecular flexibility index (Phi) is 5.54. The zero-order chi connectivity index (χ0) is 19.6. The highest BCUT2D eigenvalue weighted by atomic mass is 16.2. The lowest BCUT2D eigenvalue weighted by Crippen LogP contribution is -2.37. The highest BCUT2D eigenvalue weighted by molar-refractivity contribution is 5.82. The first-order chi connectivity index (χ1) is 13.6. The van der Waals surface area contributed by atoms with E-state index < -0.39 is 0 Å². The summed E-state index contributed by atoms with van der Waals surface area (Å²) in [5, 5.41) is 3.18. The SMILES string of the molecule is Cc1ccc(CN2CCC3(CC2)C[C@H]3C(=O)NCCc2ccccc2)c(C)c1. The number of hydrogen-bond donors (Lipinski definition) is 1. The third kappa shape index (κ3) is 4.30. The van der Waals surface area contributed by atoms with E-state index in [9.17, 15) is 4.79 Å². The summed E-state index contributed by atoms with van der Waals surface area (Å²) in [4.78, 5) is 15.2. The predicted molar refractivity (Wildman–Crippen MR) is 114 cm³/mol. The third-order valence-electron chi connectivity index (χ3n) is 6.81. The predicted octanol–water partition coefficient (Wildman–Crippen LogP) is 4.26. The van der Waals surface area contributed by atoms with Crippen molar-refractivity contribution in [3.8, 4) is 0 Å². The maximum atomic E-state index is 12.6. The third-order valence-corrected chi connectivity index (χ3v) is 6.81. The van der Waals surface area contributed by atoms with Gasteiger partial charge in [-0.05, 0) is 74.7 Å². The minimum Gasteiger partial charge on any atom is -0.356 e. The Bertz CT molecular complexity index is 822. The molecular formula is C25H32N2O. The largest absolute Gasteiger partial charge is 0.356 e. The van der Waals surface area contributed by atoms with Crippen LogP contribution >= 0.6 is 0 Å². The fraction of sp³-hybridized carbons (Fsp3) is 0.480. The van der Waals surface area contributed by atoms with Crippen LogP contribution in [0.15, 0.2) is 48.5 Å². The molecule has 2 aromatic carbocycles. The molecule has 0 aromatic heterocycles. The van der Waals surface area contributed by atoms with Crippen LogP contribution in [-0.4, -0.2) is 30.4 Å². The van der Waals surface area contributed by atoms with Crippen molar-refractivity contribution in [1.82, 2.24) is 10.2 Å². The quantitative estimate of drug-likeness (QED) is 0.817. The minimum atomic E-state index is 0.242. The molecule has 1 saturated carbocycles. The van der Waals surface area contributed by atoms with Crippen molar-refractivity contribution in [2.24, 2.45) is 11.3 Å². The number of piperidine rings is 1. The average molecular weight is 377 g/mol. The first kappa shape index (κ1) is 19.2. The number of carbonyl (C=O) groups excluding carboxylic acids is 1. The summed E-state index contributed by atoms with van der Waals surface area (Å²) >= 11 is 0. The number of amides is 1. The van der Waals surface area contributed by atoms with E-state index in [1.807, 2.05) is 6.07 Å². The summed E-state index contributed by atoms with van der Waals surface area (Å²) in [7, 11) is 0. The molecule has 0 radical (unpaired) electrons. The number of aryl methyl sites for hydroxylation is 2. The van der Waals surface area contributed by atoms with Crippen LogP contribution in [-0.2, 0) is 17.8 Å². The molecule has 148 valence electrons. The second-order valence-electron chi connectivity index (χ2n) is 8.85. The van der Waals surface area contributed by atoms with Crippen LogP contribution < -0.4 is 5.32 Å². The minimum absolute atomic E-state index is 0.242. The molecule has 2 fully saturated rings. The zero-order valence-corrected chi connectivity index (χ0v) is 17.2. The van der Waals surface area contributed by atoms with Gasteiger partial charge in [0.25, 0.3) is 0 Å². The lowest BCUT2D eigenvalue weighted by atomic mass is 9.90. The van der Waals surface area contributed by atoms with E-state index in [-0.39, 0.29) is 17.2 Å². The number of benzene rings is 2. The number of nitrogens with zero attached hydrogens (tertiary/aromatic N) is 1. The zero-order valence-electron chi connectivity index (χ0n) is 17.2. The van der Waals surface area contributed by atoms with Crippen molar-refractivity contribution >= 4 is 5.91 Å². The van der Waals surface area contributed by atoms with Crippen molar-refractivity contribution in [2.75, 3.05) is 19.6 Å². The Balaban J connectivity index is 1.22. The van der Waals surface area contributed by atoms with E-state index in [1.54, 1.807) is 0 Å². The molecule has 2 aromatic rings. The first-order valence-electron chi connectivity index (χ1n) is 10.7. The lowest BCUT2D eigenvalue weighted by Gasteiger charge is -2.33. The maximum Gasteiger partial charge on any atom is 0.223 e. The second kappa shape index (κ2) is 8.08. The van der Waals surface area contributed by atoms with Gasteiger partial charge in [0.1, 0.15) is 0 Å². The molecule has 1 heterocycles. The van der Waals surface area contributed by atoms with Crippen molar-refractivity contribution < 1.29 is 4.79 Å². The molecular weight excluding hydrogens is 344 g/mol. The standard InChI is InChI=1S/C25H32N2O/c1-19-8-9-22(20(2)16-19)18-27-14-11-25(12-15-27)17-23(25)24(28)26-13-10-21-6-4-3-5-7-21/h3-9,16,23H,10-15,17-18H2,1-2H3,(H,26,28)/t23-/m0/s1. The molecule has 1 spiro atoms. The van der Waals surface area contributed by atoms with Gasteiger partial charge in [-0.25, -0.2) is 0 Å². The molecule has 3 heteroatoms. The van der Waals surface area contributed by atoms with Gasteiger partial charge >= 0.3 is 0 Å². The highest BCUT2D eigenvalue weighted by Gasteiger charge is 2.58. The topological polar surface area (TPSA) is 32.3 Å². The van der Waals surface area contributed by atoms with Crippen LogP contribution in [0.3, 0.4) is 0 Å². The van der Waals surface area contributed by atoms with E-state index in [0.29, 0.717) is 0 Å². The average Bonchev–Trinajstić information content (AvgIpc) is 3.40. The highest BCUT2D eigenvalue weighted by Crippen LogP contribution is 2.59. The van der Waals surface area contributed by atoms with Crippen LogP contribution in [0.25, 0.3) is 0 Å². The van der Waals surface area contributed by atoms with Gasteiger partial charge in [-0.15, -0.1) is 0 Å². The van der Waals surface area contributed by atoms with Gasteiger partial charge in [0.2, 0.25) is 5.91 Å². The van der Waals surface area contributed by atoms with Crippen molar-refractivity contribution in [3.05, 3.63) is 70.8 Å². The summed E-state index contributed by atoms with van der Waals surface area (Å²) in [6.45, 7) is 8.37. The summed E-state index contributed by atoms with van der Waals surface area (Å²) in [6, 6.07) is 17.1. The number of carbonyl (C=O) groups is 1. The summed E-state index contributed by atoms with van der Waals surface area (Å²) in [5.74, 6) is 0.519. The van der Waals surface area contributed by atoms with Gasteiger partial charge in [0.05, 0.1) is 0 Å². The smallest absolute Gasteiger partial charge is 0.223 e. The lowest BCUT2D eigenvalue weighted by molar-refractivity contribution is -0.123. The molecule has 0 unspecified atom stereocenters. The number of nitrogens with one attached hydrogen (secondary N) is 1. The van der Waals surface area contributed by atoms with Crippen LogP contribution in [0.4, 0.5) is 0 Å². The number of rotatable bonds is 6. The van der Waals surface area contributed by atoms with E-state index in [4.69, 9.17) is 0 Å². The Morgan fingerprint density at radius 3 is 2.57 bits per heavy atom. The van der Waals surface area contributed by atoms with E-state index in [1.165, 1.54) is 22.3 Å². The second-order valence-corrected chi connectivity index (χ2v) is 8.85. The van der Waals surface area contributed by atoms with Gasteiger partial charge in [0.15, 0.2) is 0 Å². The number of hydrogen-bond acceptors (Lipinski definition) is 2. The fourth-order valence-corrected chi connectivity index (χ4v) is 4.79. The molecule has 1 aliphatic carbocycles. The van der Waals surface area contributed by atoms with Crippen LogP contribution in [0.1, 0.15) is 41.5 Å². The van der Waals surface area contributed by atoms with Gasteiger partial charge < -0.3 is 5.32 Å². The first-order valence-corrected chi connectivity index (χ1v) is 10.7. The summed E-state index contributed by atoms with van der Waals surface area (Å²) in [6.07, 6.45) is 4.32. The Hall–Kier alpha value is -2.13. The van der Waals surface area contributed by atoms with Gasteiger partial charge in [-0.1, -0.05) is 54.1 Å². The normalized spacial score (nSPS) is 20.9. The molecule has 1 N–H and O–H groups in total. The van der Waals surface area contributed by atoms with Crippen LogP contribution in [0.2, 0.25) is 0 Å². The Morgan fingerprint density at radius 2 is 1.86 bits per heavy atom. The van der Waals surface area contributed by atoms with E-state index >= 15 is 0 Å². The molecule has 1 aliphatic heterocycles. The summed E-state index contributed by atoms with van der Waals surface area (Å²) < 4.78 is 0. The van der Waals surface area contributed by atoms with E-state index in [2.05, 4.69) is 66.5 Å². The fourth-order valence-electron chi connectivity index (χ4n) is 4.79. The van der Waals surface area contributed by atoms with Gasteiger partial charge in [-0.2, -0.15) is 0 Å². The van der Waals surface area contributed by atoms with Crippen molar-refractivity contribution in [2.45, 2.75) is 46.1 Å². The molecule has 2 aliphatic rings. The van der Waals surface area contributed by atoms with Crippen molar-refractivity contribution in [3.63, 3.8) is 0 Å². The Labute approximate surface area is 169 Å². The number of likely N-dealkylation sites (tertiary alicyclic amines) is 1. The van der Waals surface area contributed by atoms with Gasteiger partial charge in [0, 0.05) is 19.0 Å². The molecule has 0 bridgehead atoms. The molecule has 1 atom stereocenters. The monoisotopic (exact) mass is 376 g/mol. The molecule has 1 amide bonds.